The Labute approximate surface area is 101 Å². The highest BCUT2D eigenvalue weighted by Crippen LogP contribution is 2.22. The van der Waals surface area contributed by atoms with Gasteiger partial charge in [-0.3, -0.25) is 0 Å². The Morgan fingerprint density at radius 1 is 1.56 bits per heavy atom. The van der Waals surface area contributed by atoms with Gasteiger partial charge in [-0.05, 0) is 27.2 Å². The average Bonchev–Trinajstić information content (AvgIpc) is 2.16. The Balaban J connectivity index is 2.44. The molecule has 0 aliphatic carbocycles. The Hall–Kier alpha value is -0.420. The van der Waals surface area contributed by atoms with Crippen molar-refractivity contribution in [2.24, 2.45) is 0 Å². The second-order valence-electron chi connectivity index (χ2n) is 4.93. The van der Waals surface area contributed by atoms with Gasteiger partial charge in [0.2, 0.25) is 0 Å². The van der Waals surface area contributed by atoms with Crippen molar-refractivity contribution in [3.63, 3.8) is 0 Å². The molecule has 1 aliphatic rings. The highest BCUT2D eigenvalue weighted by Gasteiger charge is 2.27. The first kappa shape index (κ1) is 13.6. The minimum Gasteiger partial charge on any atom is -0.444 e. The summed E-state index contributed by atoms with van der Waals surface area (Å²) in [5.41, 5.74) is -0.436. The molecule has 1 heterocycles. The van der Waals surface area contributed by atoms with E-state index in [4.69, 9.17) is 9.84 Å². The van der Waals surface area contributed by atoms with E-state index >= 15 is 0 Å². The summed E-state index contributed by atoms with van der Waals surface area (Å²) >= 11 is 1.82. The predicted octanol–water partition coefficient (Wildman–Crippen LogP) is 1.72. The van der Waals surface area contributed by atoms with E-state index in [1.807, 2.05) is 32.5 Å². The van der Waals surface area contributed by atoms with Gasteiger partial charge in [-0.1, -0.05) is 0 Å². The lowest BCUT2D eigenvalue weighted by Crippen LogP contribution is -2.44. The van der Waals surface area contributed by atoms with E-state index < -0.39 is 5.60 Å². The highest BCUT2D eigenvalue weighted by molar-refractivity contribution is 8.00. The van der Waals surface area contributed by atoms with Crippen molar-refractivity contribution in [1.29, 1.82) is 0 Å². The Morgan fingerprint density at radius 3 is 2.81 bits per heavy atom. The number of aliphatic hydroxyl groups excluding tert-OH is 1. The molecule has 4 nitrogen and oxygen atoms in total. The van der Waals surface area contributed by atoms with Crippen LogP contribution in [0.5, 0.6) is 0 Å². The minimum atomic E-state index is -0.436. The summed E-state index contributed by atoms with van der Waals surface area (Å²) in [7, 11) is 0. The lowest BCUT2D eigenvalue weighted by Gasteiger charge is -2.33. The Bertz CT molecular complexity index is 238. The molecule has 0 aromatic rings. The third-order valence-electron chi connectivity index (χ3n) is 2.24. The number of hydrogen-bond acceptors (Lipinski definition) is 4. The number of carbonyl (C=O) groups excluding carboxylic acids is 1. The van der Waals surface area contributed by atoms with Gasteiger partial charge in [0, 0.05) is 30.7 Å². The van der Waals surface area contributed by atoms with Crippen molar-refractivity contribution in [1.82, 2.24) is 4.90 Å². The summed E-state index contributed by atoms with van der Waals surface area (Å²) in [6.07, 6.45) is 0.500. The first-order valence-corrected chi connectivity index (χ1v) is 6.67. The Kier molecular flexibility index (Phi) is 4.92. The topological polar surface area (TPSA) is 49.8 Å². The molecular formula is C11H21NO3S. The monoisotopic (exact) mass is 247 g/mol. The van der Waals surface area contributed by atoms with Crippen molar-refractivity contribution >= 4 is 17.9 Å². The molecule has 5 heteroatoms. The highest BCUT2D eigenvalue weighted by atomic mass is 32.2. The second-order valence-corrected chi connectivity index (χ2v) is 6.34. The maximum Gasteiger partial charge on any atom is 0.410 e. The molecule has 1 atom stereocenters. The number of ether oxygens (including phenoxy) is 1. The first-order valence-electron chi connectivity index (χ1n) is 5.63. The van der Waals surface area contributed by atoms with Gasteiger partial charge >= 0.3 is 6.09 Å². The molecule has 1 rings (SSSR count). The molecule has 0 radical (unpaired) electrons. The molecular weight excluding hydrogens is 226 g/mol. The largest absolute Gasteiger partial charge is 0.444 e. The van der Waals surface area contributed by atoms with Crippen LogP contribution < -0.4 is 0 Å². The van der Waals surface area contributed by atoms with E-state index in [1.54, 1.807) is 4.90 Å². The third-order valence-corrected chi connectivity index (χ3v) is 3.52. The van der Waals surface area contributed by atoms with Gasteiger partial charge in [0.15, 0.2) is 0 Å². The molecule has 0 saturated carbocycles. The normalized spacial score (nSPS) is 22.0. The number of nitrogens with zero attached hydrogens (tertiary/aromatic N) is 1. The number of aliphatic hydroxyl groups is 1. The van der Waals surface area contributed by atoms with Crippen molar-refractivity contribution < 1.29 is 14.6 Å². The van der Waals surface area contributed by atoms with Gasteiger partial charge in [-0.25, -0.2) is 4.79 Å². The van der Waals surface area contributed by atoms with Crippen LogP contribution in [0, 0.1) is 0 Å². The van der Waals surface area contributed by atoms with Crippen molar-refractivity contribution in [3.05, 3.63) is 0 Å². The van der Waals surface area contributed by atoms with Crippen molar-refractivity contribution in [2.45, 2.75) is 38.0 Å². The molecule has 94 valence electrons. The fraction of sp³-hybridized carbons (Fsp3) is 0.909. The fourth-order valence-electron chi connectivity index (χ4n) is 1.53. The zero-order valence-corrected chi connectivity index (χ0v) is 11.0. The zero-order valence-electron chi connectivity index (χ0n) is 10.2. The number of hydrogen-bond donors (Lipinski definition) is 1. The van der Waals surface area contributed by atoms with E-state index in [1.165, 1.54) is 0 Å². The Morgan fingerprint density at radius 2 is 2.25 bits per heavy atom. The van der Waals surface area contributed by atoms with E-state index in [2.05, 4.69) is 0 Å². The summed E-state index contributed by atoms with van der Waals surface area (Å²) < 4.78 is 5.32. The lowest BCUT2D eigenvalue weighted by atomic mass is 10.2. The van der Waals surface area contributed by atoms with Crippen molar-refractivity contribution in [3.8, 4) is 0 Å². The molecule has 1 saturated heterocycles. The quantitative estimate of drug-likeness (QED) is 0.807. The van der Waals surface area contributed by atoms with Crippen LogP contribution in [0.4, 0.5) is 4.79 Å². The standard InChI is InChI=1S/C11H21NO3S/c1-11(2,3)15-10(14)12-5-7-16-9(8-12)4-6-13/h9,13H,4-8H2,1-3H3. The molecule has 0 bridgehead atoms. The molecule has 16 heavy (non-hydrogen) atoms. The summed E-state index contributed by atoms with van der Waals surface area (Å²) in [5, 5.41) is 9.22. The average molecular weight is 247 g/mol. The van der Waals surface area contributed by atoms with Crippen LogP contribution in [0.2, 0.25) is 0 Å². The van der Waals surface area contributed by atoms with Crippen LogP contribution in [-0.2, 0) is 4.74 Å². The smallest absolute Gasteiger partial charge is 0.410 e. The summed E-state index contributed by atoms with van der Waals surface area (Å²) in [6, 6.07) is 0. The van der Waals surface area contributed by atoms with Crippen LogP contribution in [-0.4, -0.2) is 52.4 Å². The van der Waals surface area contributed by atoms with E-state index in [-0.39, 0.29) is 12.7 Å². The van der Waals surface area contributed by atoms with Crippen LogP contribution in [0.15, 0.2) is 0 Å². The molecule has 1 fully saturated rings. The summed E-state index contributed by atoms with van der Waals surface area (Å²) in [4.78, 5) is 13.5. The molecule has 1 amide bonds. The first-order chi connectivity index (χ1) is 7.42. The zero-order chi connectivity index (χ0) is 12.2. The van der Waals surface area contributed by atoms with Gasteiger partial charge in [-0.2, -0.15) is 11.8 Å². The van der Waals surface area contributed by atoms with Crippen LogP contribution in [0.3, 0.4) is 0 Å². The number of thioether (sulfide) groups is 1. The maximum absolute atomic E-state index is 11.8. The van der Waals surface area contributed by atoms with Crippen LogP contribution in [0.25, 0.3) is 0 Å². The van der Waals surface area contributed by atoms with Crippen molar-refractivity contribution in [2.75, 3.05) is 25.4 Å². The van der Waals surface area contributed by atoms with Gasteiger partial charge < -0.3 is 14.7 Å². The molecule has 0 aromatic heterocycles. The number of amides is 1. The summed E-state index contributed by atoms with van der Waals surface area (Å²) in [6.45, 7) is 7.21. The number of rotatable bonds is 2. The van der Waals surface area contributed by atoms with Gasteiger partial charge in [0.1, 0.15) is 5.60 Å². The molecule has 0 spiro atoms. The van der Waals surface area contributed by atoms with Crippen LogP contribution in [0.1, 0.15) is 27.2 Å². The molecule has 1 unspecified atom stereocenters. The van der Waals surface area contributed by atoms with Gasteiger partial charge in [-0.15, -0.1) is 0 Å². The van der Waals surface area contributed by atoms with E-state index in [0.717, 1.165) is 18.7 Å². The van der Waals surface area contributed by atoms with Gasteiger partial charge in [0.25, 0.3) is 0 Å². The molecule has 1 aliphatic heterocycles. The lowest BCUT2D eigenvalue weighted by molar-refractivity contribution is 0.0253. The van der Waals surface area contributed by atoms with E-state index in [9.17, 15) is 4.79 Å². The number of carbonyl (C=O) groups is 1. The fourth-order valence-corrected chi connectivity index (χ4v) is 2.75. The minimum absolute atomic E-state index is 0.180. The second kappa shape index (κ2) is 5.77. The molecule has 1 N–H and O–H groups in total. The SMILES string of the molecule is CC(C)(C)OC(=O)N1CCSC(CCO)C1. The van der Waals surface area contributed by atoms with Crippen LogP contribution >= 0.6 is 11.8 Å². The summed E-state index contributed by atoms with van der Waals surface area (Å²) in [5.74, 6) is 0.921. The third kappa shape index (κ3) is 4.61. The molecule has 0 aromatic carbocycles. The van der Waals surface area contributed by atoms with E-state index in [0.29, 0.717) is 11.8 Å². The van der Waals surface area contributed by atoms with Gasteiger partial charge in [0.05, 0.1) is 0 Å². The maximum atomic E-state index is 11.8. The predicted molar refractivity (Wildman–Crippen MR) is 65.8 cm³/mol.